The molecule has 0 heterocycles. The Morgan fingerprint density at radius 2 is 1.30 bits per heavy atom. The molecule has 1 aromatic rings. The first-order valence-electron chi connectivity index (χ1n) is 11.3. The van der Waals surface area contributed by atoms with Gasteiger partial charge in [0.2, 0.25) is 0 Å². The summed E-state index contributed by atoms with van der Waals surface area (Å²) in [5.41, 5.74) is 1.66. The second-order valence-electron chi connectivity index (χ2n) is 7.18. The molecule has 0 aromatic heterocycles. The lowest BCUT2D eigenvalue weighted by atomic mass is 10.1. The fourth-order valence-electron chi connectivity index (χ4n) is 2.47. The number of esters is 1. The molecule has 2 heteroatoms. The zero-order chi connectivity index (χ0) is 22.9. The molecule has 0 fully saturated rings. The van der Waals surface area contributed by atoms with Gasteiger partial charge in [-0.25, -0.2) is 4.79 Å². The molecule has 0 unspecified atom stereocenters. The largest absolute Gasteiger partial charge is 0.462 e. The molecule has 0 atom stereocenters. The normalized spacial score (nSPS) is 9.13. The van der Waals surface area contributed by atoms with E-state index in [-0.39, 0.29) is 5.97 Å². The molecule has 0 saturated carbocycles. The highest BCUT2D eigenvalue weighted by molar-refractivity contribution is 5.86. The van der Waals surface area contributed by atoms with E-state index in [9.17, 15) is 4.79 Å². The van der Waals surface area contributed by atoms with E-state index in [1.54, 1.807) is 19.1 Å². The second kappa shape index (κ2) is 24.7. The van der Waals surface area contributed by atoms with Crippen LogP contribution in [0.1, 0.15) is 83.6 Å². The van der Waals surface area contributed by atoms with Crippen molar-refractivity contribution in [3.63, 3.8) is 0 Å². The van der Waals surface area contributed by atoms with Gasteiger partial charge in [-0.15, -0.1) is 0 Å². The molecule has 0 bridgehead atoms. The van der Waals surface area contributed by atoms with E-state index in [1.165, 1.54) is 63.4 Å². The van der Waals surface area contributed by atoms with Crippen LogP contribution < -0.4 is 0 Å². The first-order valence-corrected chi connectivity index (χ1v) is 11.3. The number of carbonyl (C=O) groups excluding carboxylic acids is 1. The zero-order valence-corrected chi connectivity index (χ0v) is 19.5. The Morgan fingerprint density at radius 1 is 0.833 bits per heavy atom. The Hall–Kier alpha value is -2.35. The van der Waals surface area contributed by atoms with Gasteiger partial charge in [-0.05, 0) is 18.9 Å². The molecule has 0 saturated heterocycles. The minimum atomic E-state index is -0.258. The average Bonchev–Trinajstić information content (AvgIpc) is 2.78. The Balaban J connectivity index is 0. The van der Waals surface area contributed by atoms with Crippen molar-refractivity contribution in [2.75, 3.05) is 6.61 Å². The number of hydrogen-bond donors (Lipinski definition) is 0. The lowest BCUT2D eigenvalue weighted by Crippen LogP contribution is -2.05. The summed E-state index contributed by atoms with van der Waals surface area (Å²) >= 11 is 0. The van der Waals surface area contributed by atoms with E-state index in [0.29, 0.717) is 12.2 Å². The van der Waals surface area contributed by atoms with Gasteiger partial charge in [0.05, 0.1) is 6.61 Å². The van der Waals surface area contributed by atoms with Gasteiger partial charge in [0.25, 0.3) is 0 Å². The molecule has 0 N–H and O–H groups in total. The Labute approximate surface area is 186 Å². The molecule has 1 rings (SSSR count). The van der Waals surface area contributed by atoms with Crippen molar-refractivity contribution in [1.82, 2.24) is 0 Å². The first kappa shape index (κ1) is 29.8. The Morgan fingerprint density at radius 3 is 1.67 bits per heavy atom. The third-order valence-electron chi connectivity index (χ3n) is 4.28. The molecular weight excluding hydrogens is 368 g/mol. The van der Waals surface area contributed by atoms with Gasteiger partial charge < -0.3 is 4.74 Å². The van der Waals surface area contributed by atoms with Gasteiger partial charge in [-0.2, -0.15) is 0 Å². The smallest absolute Gasteiger partial charge is 0.333 e. The Kier molecular flexibility index (Phi) is 24.6. The monoisotopic (exact) mass is 412 g/mol. The van der Waals surface area contributed by atoms with Crippen LogP contribution in [0.4, 0.5) is 0 Å². The summed E-state index contributed by atoms with van der Waals surface area (Å²) in [7, 11) is 0. The van der Waals surface area contributed by atoms with E-state index in [2.05, 4.69) is 33.2 Å². The van der Waals surface area contributed by atoms with E-state index in [1.807, 2.05) is 36.4 Å². The minimum absolute atomic E-state index is 0.258. The second-order valence-corrected chi connectivity index (χ2v) is 7.18. The van der Waals surface area contributed by atoms with Crippen molar-refractivity contribution in [1.29, 1.82) is 0 Å². The molecule has 2 nitrogen and oxygen atoms in total. The molecule has 0 aliphatic carbocycles. The lowest BCUT2D eigenvalue weighted by molar-refractivity contribution is -0.139. The van der Waals surface area contributed by atoms with Crippen molar-refractivity contribution in [3.05, 3.63) is 79.9 Å². The predicted molar refractivity (Wildman–Crippen MR) is 135 cm³/mol. The van der Waals surface area contributed by atoms with Crippen molar-refractivity contribution in [2.24, 2.45) is 0 Å². The number of unbranched alkanes of at least 4 members (excludes halogenated alkanes) is 9. The summed E-state index contributed by atoms with van der Waals surface area (Å²) in [5.74, 6) is -0.258. The van der Waals surface area contributed by atoms with E-state index < -0.39 is 0 Å². The van der Waals surface area contributed by atoms with Gasteiger partial charge in [0.15, 0.2) is 0 Å². The summed E-state index contributed by atoms with van der Waals surface area (Å²) in [6.45, 7) is 18.4. The van der Waals surface area contributed by atoms with Crippen LogP contribution in [0.5, 0.6) is 0 Å². The summed E-state index contributed by atoms with van der Waals surface area (Å²) in [6.07, 6.45) is 18.1. The number of benzene rings is 1. The summed E-state index contributed by atoms with van der Waals surface area (Å²) in [5, 5.41) is 0. The van der Waals surface area contributed by atoms with Crippen molar-refractivity contribution in [2.45, 2.75) is 78.1 Å². The molecule has 0 aliphatic rings. The van der Waals surface area contributed by atoms with E-state index >= 15 is 0 Å². The van der Waals surface area contributed by atoms with Crippen molar-refractivity contribution >= 4 is 12.0 Å². The van der Waals surface area contributed by atoms with Crippen LogP contribution >= 0.6 is 0 Å². The standard InChI is InChI=1S/C16H30O2.C8H8.C4H6/c1-4-5-6-7-8-9-10-11-12-13-14-18-16(17)15(2)3;1-2-8-6-4-3-5-7-8;1-3-4-2/h2,4-14H2,1,3H3;2-7H,1H2;3-4H,1-2H2. The zero-order valence-electron chi connectivity index (χ0n) is 19.5. The van der Waals surface area contributed by atoms with Crippen LogP contribution in [0.25, 0.3) is 6.08 Å². The van der Waals surface area contributed by atoms with Crippen LogP contribution in [-0.2, 0) is 9.53 Å². The molecule has 0 radical (unpaired) electrons. The van der Waals surface area contributed by atoms with Gasteiger partial charge in [0, 0.05) is 5.57 Å². The number of hydrogen-bond acceptors (Lipinski definition) is 2. The molecule has 0 aliphatic heterocycles. The van der Waals surface area contributed by atoms with Gasteiger partial charge in [0.1, 0.15) is 0 Å². The highest BCUT2D eigenvalue weighted by Gasteiger charge is 2.01. The lowest BCUT2D eigenvalue weighted by Gasteiger charge is -2.04. The highest BCUT2D eigenvalue weighted by atomic mass is 16.5. The number of ether oxygens (including phenoxy) is 1. The van der Waals surface area contributed by atoms with Gasteiger partial charge in [-0.1, -0.05) is 140 Å². The van der Waals surface area contributed by atoms with Gasteiger partial charge in [-0.3, -0.25) is 0 Å². The van der Waals surface area contributed by atoms with E-state index in [0.717, 1.165) is 6.42 Å². The molecule has 1 aromatic carbocycles. The molecule has 168 valence electrons. The highest BCUT2D eigenvalue weighted by Crippen LogP contribution is 2.10. The SMILES string of the molecule is C=C(C)C(=O)OCCCCCCCCCCCC.C=CC=C.C=Cc1ccccc1. The van der Waals surface area contributed by atoms with Crippen LogP contribution in [0.15, 0.2) is 74.4 Å². The number of allylic oxidation sites excluding steroid dienone is 2. The fraction of sp³-hybridized carbons (Fsp3) is 0.464. The topological polar surface area (TPSA) is 26.3 Å². The molecular formula is C28H44O2. The van der Waals surface area contributed by atoms with Crippen LogP contribution in [-0.4, -0.2) is 12.6 Å². The third-order valence-corrected chi connectivity index (χ3v) is 4.28. The molecule has 30 heavy (non-hydrogen) atoms. The predicted octanol–water partition coefficient (Wildman–Crippen LogP) is 8.71. The fourth-order valence-corrected chi connectivity index (χ4v) is 2.47. The maximum Gasteiger partial charge on any atom is 0.333 e. The van der Waals surface area contributed by atoms with Crippen molar-refractivity contribution < 1.29 is 9.53 Å². The van der Waals surface area contributed by atoms with Gasteiger partial charge >= 0.3 is 5.97 Å². The van der Waals surface area contributed by atoms with Crippen LogP contribution in [0, 0.1) is 0 Å². The number of carbonyl (C=O) groups is 1. The Bertz CT molecular complexity index is 551. The van der Waals surface area contributed by atoms with E-state index in [4.69, 9.17) is 4.74 Å². The number of rotatable bonds is 14. The first-order chi connectivity index (χ1) is 14.5. The maximum absolute atomic E-state index is 11.1. The van der Waals surface area contributed by atoms with Crippen LogP contribution in [0.3, 0.4) is 0 Å². The summed E-state index contributed by atoms with van der Waals surface area (Å²) < 4.78 is 5.04. The van der Waals surface area contributed by atoms with Crippen molar-refractivity contribution in [3.8, 4) is 0 Å². The molecule has 0 amide bonds. The minimum Gasteiger partial charge on any atom is -0.462 e. The third kappa shape index (κ3) is 23.7. The van der Waals surface area contributed by atoms with Crippen LogP contribution in [0.2, 0.25) is 0 Å². The molecule has 0 spiro atoms. The summed E-state index contributed by atoms with van der Waals surface area (Å²) in [6, 6.07) is 10.0. The quantitative estimate of drug-likeness (QED) is 0.132. The maximum atomic E-state index is 11.1. The average molecular weight is 413 g/mol. The summed E-state index contributed by atoms with van der Waals surface area (Å²) in [4.78, 5) is 11.1.